The molecule has 0 spiro atoms. The van der Waals surface area contributed by atoms with E-state index in [9.17, 15) is 0 Å². The number of hydrogen-bond acceptors (Lipinski definition) is 4. The summed E-state index contributed by atoms with van der Waals surface area (Å²) in [7, 11) is 0. The summed E-state index contributed by atoms with van der Waals surface area (Å²) in [5.74, 6) is 0. The van der Waals surface area contributed by atoms with E-state index in [2.05, 4.69) is 5.10 Å². The van der Waals surface area contributed by atoms with E-state index in [-0.39, 0.29) is 0 Å². The second kappa shape index (κ2) is 1.44. The third-order valence-electron chi connectivity index (χ3n) is 1.35. The van der Waals surface area contributed by atoms with Gasteiger partial charge in [0.2, 0.25) is 12.1 Å². The van der Waals surface area contributed by atoms with E-state index in [1.165, 1.54) is 10.9 Å². The minimum Gasteiger partial charge on any atom is -0.423 e. The number of rotatable bonds is 0. The zero-order chi connectivity index (χ0) is 7.14. The van der Waals surface area contributed by atoms with Gasteiger partial charge in [0, 0.05) is 0 Å². The molecule has 52 valence electrons. The van der Waals surface area contributed by atoms with Gasteiger partial charge in [-0.3, -0.25) is 0 Å². The molecule has 0 saturated heterocycles. The van der Waals surface area contributed by atoms with Crippen molar-refractivity contribution in [3.05, 3.63) is 12.6 Å². The molecule has 2 rings (SSSR count). The van der Waals surface area contributed by atoms with Gasteiger partial charge in [-0.2, -0.15) is 0 Å². The summed E-state index contributed by atoms with van der Waals surface area (Å²) in [4.78, 5) is 0. The van der Waals surface area contributed by atoms with Crippen LogP contribution in [0.4, 0.5) is 11.4 Å². The van der Waals surface area contributed by atoms with Crippen molar-refractivity contribution in [2.75, 3.05) is 11.5 Å². The Bertz CT molecular complexity index is 360. The molecule has 2 aromatic heterocycles. The van der Waals surface area contributed by atoms with E-state index in [4.69, 9.17) is 15.9 Å². The number of nitrogens with zero attached hydrogens (tertiary/aromatic N) is 2. The van der Waals surface area contributed by atoms with Crippen molar-refractivity contribution in [3.63, 3.8) is 0 Å². The molecular weight excluding hydrogens is 132 g/mol. The first-order valence-corrected chi connectivity index (χ1v) is 2.75. The van der Waals surface area contributed by atoms with Crippen molar-refractivity contribution >= 4 is 17.1 Å². The summed E-state index contributed by atoms with van der Waals surface area (Å²) in [6, 6.07) is 0. The van der Waals surface area contributed by atoms with Crippen LogP contribution >= 0.6 is 0 Å². The molecule has 2 aromatic rings. The van der Waals surface area contributed by atoms with Gasteiger partial charge in [0.15, 0.2) is 0 Å². The lowest BCUT2D eigenvalue weighted by molar-refractivity contribution is 0.602. The maximum atomic E-state index is 5.50. The van der Waals surface area contributed by atoms with E-state index in [1.54, 1.807) is 6.20 Å². The van der Waals surface area contributed by atoms with Crippen molar-refractivity contribution in [1.82, 2.24) is 9.61 Å². The number of aromatic nitrogens is 2. The van der Waals surface area contributed by atoms with Gasteiger partial charge in [-0.05, 0) is 0 Å². The Morgan fingerprint density at radius 3 is 3.00 bits per heavy atom. The van der Waals surface area contributed by atoms with Crippen molar-refractivity contribution in [2.45, 2.75) is 0 Å². The zero-order valence-corrected chi connectivity index (χ0v) is 5.11. The maximum absolute atomic E-state index is 5.50. The SMILES string of the molecule is Nc1cn2ncoc2c1N. The summed E-state index contributed by atoms with van der Waals surface area (Å²) < 4.78 is 6.41. The fraction of sp³-hybridized carbons (Fsp3) is 0. The van der Waals surface area contributed by atoms with E-state index >= 15 is 0 Å². The van der Waals surface area contributed by atoms with E-state index in [1.807, 2.05) is 0 Å². The highest BCUT2D eigenvalue weighted by Crippen LogP contribution is 2.21. The van der Waals surface area contributed by atoms with Gasteiger partial charge in [-0.15, -0.1) is 5.10 Å². The number of nitrogens with two attached hydrogens (primary N) is 2. The lowest BCUT2D eigenvalue weighted by Gasteiger charge is -1.83. The van der Waals surface area contributed by atoms with Crippen LogP contribution in [-0.2, 0) is 0 Å². The molecule has 4 N–H and O–H groups in total. The Morgan fingerprint density at radius 1 is 1.50 bits per heavy atom. The summed E-state index contributed by atoms with van der Waals surface area (Å²) in [6.07, 6.45) is 2.92. The Kier molecular flexibility index (Phi) is 0.743. The van der Waals surface area contributed by atoms with Gasteiger partial charge < -0.3 is 15.9 Å². The highest BCUT2D eigenvalue weighted by Gasteiger charge is 2.06. The molecular formula is C5H6N4O. The fourth-order valence-electron chi connectivity index (χ4n) is 0.834. The third kappa shape index (κ3) is 0.439. The average Bonchev–Trinajstić information content (AvgIpc) is 2.41. The molecule has 5 nitrogen and oxygen atoms in total. The Balaban J connectivity index is 2.95. The molecule has 0 fully saturated rings. The first kappa shape index (κ1) is 5.16. The van der Waals surface area contributed by atoms with Gasteiger partial charge in [-0.1, -0.05) is 0 Å². The molecule has 0 aliphatic carbocycles. The lowest BCUT2D eigenvalue weighted by Crippen LogP contribution is -1.88. The van der Waals surface area contributed by atoms with Gasteiger partial charge in [0.05, 0.1) is 11.9 Å². The maximum Gasteiger partial charge on any atom is 0.247 e. The van der Waals surface area contributed by atoms with Crippen LogP contribution < -0.4 is 11.5 Å². The molecule has 10 heavy (non-hydrogen) atoms. The normalized spacial score (nSPS) is 10.8. The van der Waals surface area contributed by atoms with Crippen LogP contribution in [0.1, 0.15) is 0 Å². The molecule has 0 saturated carbocycles. The van der Waals surface area contributed by atoms with Crippen LogP contribution in [-0.4, -0.2) is 9.61 Å². The van der Waals surface area contributed by atoms with Gasteiger partial charge in [0.1, 0.15) is 5.69 Å². The number of nitrogen functional groups attached to an aromatic ring is 2. The van der Waals surface area contributed by atoms with Crippen molar-refractivity contribution in [3.8, 4) is 0 Å². The number of anilines is 2. The standard InChI is InChI=1S/C5H6N4O/c6-3-1-9-5(4(3)7)10-2-8-9/h1-2H,6-7H2. The van der Waals surface area contributed by atoms with Crippen LogP contribution in [0.25, 0.3) is 5.71 Å². The van der Waals surface area contributed by atoms with Crippen LogP contribution in [0.15, 0.2) is 17.0 Å². The highest BCUT2D eigenvalue weighted by atomic mass is 16.4. The molecule has 0 bridgehead atoms. The zero-order valence-electron chi connectivity index (χ0n) is 5.11. The minimum absolute atomic E-state index is 0.442. The molecule has 0 unspecified atom stereocenters. The average molecular weight is 138 g/mol. The van der Waals surface area contributed by atoms with E-state index in [0.29, 0.717) is 17.1 Å². The first-order chi connectivity index (χ1) is 4.79. The molecule has 2 heterocycles. The molecule has 0 aliphatic rings. The predicted molar refractivity (Wildman–Crippen MR) is 36.3 cm³/mol. The topological polar surface area (TPSA) is 82.5 Å². The summed E-state index contributed by atoms with van der Waals surface area (Å²) in [5, 5.41) is 3.79. The summed E-state index contributed by atoms with van der Waals surface area (Å²) in [6.45, 7) is 0. The van der Waals surface area contributed by atoms with Gasteiger partial charge in [0.25, 0.3) is 0 Å². The first-order valence-electron chi connectivity index (χ1n) is 2.75. The molecule has 0 amide bonds. The van der Waals surface area contributed by atoms with Gasteiger partial charge >= 0.3 is 0 Å². The van der Waals surface area contributed by atoms with Crippen LogP contribution in [0.2, 0.25) is 0 Å². The second-order valence-corrected chi connectivity index (χ2v) is 1.99. The largest absolute Gasteiger partial charge is 0.423 e. The van der Waals surface area contributed by atoms with Crippen molar-refractivity contribution < 1.29 is 4.42 Å². The van der Waals surface area contributed by atoms with Crippen molar-refractivity contribution in [2.24, 2.45) is 0 Å². The minimum atomic E-state index is 0.442. The molecule has 5 heteroatoms. The lowest BCUT2D eigenvalue weighted by atomic mass is 10.5. The Labute approximate surface area is 56.2 Å². The molecule has 0 aliphatic heterocycles. The summed E-state index contributed by atoms with van der Waals surface area (Å²) in [5.41, 5.74) is 12.4. The Morgan fingerprint density at radius 2 is 2.30 bits per heavy atom. The molecule has 0 radical (unpaired) electrons. The van der Waals surface area contributed by atoms with Crippen LogP contribution in [0.5, 0.6) is 0 Å². The number of hydrogen-bond donors (Lipinski definition) is 2. The predicted octanol–water partition coefficient (Wildman–Crippen LogP) is 0.0917. The van der Waals surface area contributed by atoms with E-state index in [0.717, 1.165) is 0 Å². The second-order valence-electron chi connectivity index (χ2n) is 1.99. The van der Waals surface area contributed by atoms with Crippen molar-refractivity contribution in [1.29, 1.82) is 0 Å². The highest BCUT2D eigenvalue weighted by molar-refractivity contribution is 5.77. The van der Waals surface area contributed by atoms with Crippen LogP contribution in [0.3, 0.4) is 0 Å². The molecule has 0 atom stereocenters. The summed E-state index contributed by atoms with van der Waals surface area (Å²) >= 11 is 0. The Hall–Kier alpha value is -1.65. The van der Waals surface area contributed by atoms with E-state index < -0.39 is 0 Å². The molecule has 0 aromatic carbocycles. The number of fused-ring (bicyclic) bond motifs is 1. The van der Waals surface area contributed by atoms with Gasteiger partial charge in [-0.25, -0.2) is 4.52 Å². The fourth-order valence-corrected chi connectivity index (χ4v) is 0.834. The quantitative estimate of drug-likeness (QED) is 0.540. The monoisotopic (exact) mass is 138 g/mol. The smallest absolute Gasteiger partial charge is 0.247 e. The van der Waals surface area contributed by atoms with Crippen LogP contribution in [0, 0.1) is 0 Å². The third-order valence-corrected chi connectivity index (χ3v) is 1.35.